The number of allylic oxidation sites excluding steroid dienone is 1. The molecule has 6 rings (SSSR count). The number of aromatic amines is 2. The van der Waals surface area contributed by atoms with Crippen molar-refractivity contribution >= 4 is 39.4 Å². The van der Waals surface area contributed by atoms with E-state index in [0.29, 0.717) is 16.8 Å². The van der Waals surface area contributed by atoms with Crippen molar-refractivity contribution < 1.29 is 0 Å². The molecule has 1 saturated heterocycles. The van der Waals surface area contributed by atoms with Crippen molar-refractivity contribution in [3.63, 3.8) is 0 Å². The zero-order valence-electron chi connectivity index (χ0n) is 21.3. The first-order valence-electron chi connectivity index (χ1n) is 12.7. The third-order valence-corrected chi connectivity index (χ3v) is 7.65. The van der Waals surface area contributed by atoms with E-state index in [1.807, 2.05) is 36.8 Å². The number of hydrogen-bond donors (Lipinski definition) is 2. The van der Waals surface area contributed by atoms with Crippen LogP contribution in [0.3, 0.4) is 0 Å². The smallest absolute Gasteiger partial charge is 0.161 e. The van der Waals surface area contributed by atoms with E-state index in [9.17, 15) is 0 Å². The van der Waals surface area contributed by atoms with Gasteiger partial charge >= 0.3 is 0 Å². The lowest BCUT2D eigenvalue weighted by Gasteiger charge is -2.14. The van der Waals surface area contributed by atoms with Crippen molar-refractivity contribution in [3.8, 4) is 22.8 Å². The number of H-pyrrole nitrogens is 2. The van der Waals surface area contributed by atoms with Crippen LogP contribution in [0.1, 0.15) is 44.9 Å². The van der Waals surface area contributed by atoms with Crippen LogP contribution in [-0.4, -0.2) is 58.4 Å². The maximum absolute atomic E-state index is 4.99. The molecule has 1 fully saturated rings. The summed E-state index contributed by atoms with van der Waals surface area (Å²) in [5.41, 5.74) is 9.15. The predicted octanol–water partition coefficient (Wildman–Crippen LogP) is 6.06. The highest BCUT2D eigenvalue weighted by Crippen LogP contribution is 2.30. The Morgan fingerprint density at radius 2 is 1.95 bits per heavy atom. The number of aromatic nitrogens is 7. The number of fused-ring (bicyclic) bond motifs is 2. The molecule has 2 N–H and O–H groups in total. The van der Waals surface area contributed by atoms with Gasteiger partial charge in [-0.25, -0.2) is 9.97 Å². The van der Waals surface area contributed by atoms with E-state index in [4.69, 9.17) is 9.97 Å². The average molecular weight is 511 g/mol. The molecule has 0 amide bonds. The van der Waals surface area contributed by atoms with Crippen LogP contribution < -0.4 is 0 Å². The minimum atomic E-state index is 0.510. The molecular formula is C28H30N8S. The van der Waals surface area contributed by atoms with E-state index in [1.54, 1.807) is 11.8 Å². The maximum Gasteiger partial charge on any atom is 0.161 e. The first-order chi connectivity index (χ1) is 18.0. The topological polar surface area (TPSA) is 99.3 Å². The summed E-state index contributed by atoms with van der Waals surface area (Å²) < 4.78 is 0. The zero-order valence-corrected chi connectivity index (χ0v) is 22.1. The molecule has 0 aromatic carbocycles. The van der Waals surface area contributed by atoms with Crippen molar-refractivity contribution in [2.24, 2.45) is 0 Å². The Morgan fingerprint density at radius 3 is 2.78 bits per heavy atom. The van der Waals surface area contributed by atoms with Gasteiger partial charge < -0.3 is 4.98 Å². The van der Waals surface area contributed by atoms with E-state index in [-0.39, 0.29) is 0 Å². The van der Waals surface area contributed by atoms with Crippen molar-refractivity contribution in [2.75, 3.05) is 13.1 Å². The number of likely N-dealkylation sites (tertiary alicyclic amines) is 1. The first-order valence-corrected chi connectivity index (χ1v) is 13.7. The molecule has 8 nitrogen and oxygen atoms in total. The predicted molar refractivity (Wildman–Crippen MR) is 151 cm³/mol. The van der Waals surface area contributed by atoms with Crippen LogP contribution in [-0.2, 0) is 6.54 Å². The molecule has 0 bridgehead atoms. The molecule has 0 saturated carbocycles. The van der Waals surface area contributed by atoms with Gasteiger partial charge in [0.15, 0.2) is 11.5 Å². The summed E-state index contributed by atoms with van der Waals surface area (Å²) in [6.07, 6.45) is 8.21. The van der Waals surface area contributed by atoms with Crippen LogP contribution in [0.2, 0.25) is 0 Å². The number of thioether (sulfide) groups is 1. The molecule has 6 heterocycles. The summed E-state index contributed by atoms with van der Waals surface area (Å²) in [6, 6.07) is 8.18. The van der Waals surface area contributed by atoms with Gasteiger partial charge in [-0.1, -0.05) is 13.8 Å². The molecule has 1 aliphatic heterocycles. The van der Waals surface area contributed by atoms with Gasteiger partial charge in [0.1, 0.15) is 11.0 Å². The second kappa shape index (κ2) is 10.1. The Morgan fingerprint density at radius 1 is 1.08 bits per heavy atom. The summed E-state index contributed by atoms with van der Waals surface area (Å²) in [5, 5.41) is 10.4. The molecule has 37 heavy (non-hydrogen) atoms. The average Bonchev–Trinajstić information content (AvgIpc) is 3.66. The van der Waals surface area contributed by atoms with E-state index in [0.717, 1.165) is 64.2 Å². The fourth-order valence-electron chi connectivity index (χ4n) is 4.77. The SMILES string of the molecule is C/C(=C\SC(C)C)c1nccc2[nH]c(-c3n[nH]c4ccc(-c5cncc(CN6CCCC6)c5)nc34)nc12. The lowest BCUT2D eigenvalue weighted by atomic mass is 10.1. The molecule has 0 radical (unpaired) electrons. The fraction of sp³-hybridized carbons (Fsp3) is 0.321. The van der Waals surface area contributed by atoms with E-state index in [1.165, 1.54) is 18.4 Å². The van der Waals surface area contributed by atoms with Gasteiger partial charge in [-0.15, -0.1) is 11.8 Å². The Labute approximate surface area is 220 Å². The molecule has 0 spiro atoms. The molecule has 0 aliphatic carbocycles. The lowest BCUT2D eigenvalue weighted by molar-refractivity contribution is 0.331. The number of imidazole rings is 1. The standard InChI is InChI=1S/C28H30N8S/c1-17(2)37-16-18(3)24-25-22(8-9-30-24)32-28(33-25)27-26-23(34-35-27)7-6-21(31-26)20-12-19(13-29-14-20)15-36-10-4-5-11-36/h6-9,12-14,16-17H,4-5,10-11,15H2,1-3H3,(H,32,33)(H,34,35)/b18-16+. The molecule has 0 atom stereocenters. The second-order valence-corrected chi connectivity index (χ2v) is 11.3. The van der Waals surface area contributed by atoms with Gasteiger partial charge in [0.2, 0.25) is 0 Å². The highest BCUT2D eigenvalue weighted by molar-refractivity contribution is 8.02. The van der Waals surface area contributed by atoms with E-state index < -0.39 is 0 Å². The molecular weight excluding hydrogens is 480 g/mol. The van der Waals surface area contributed by atoms with Crippen LogP contribution in [0.15, 0.2) is 48.3 Å². The summed E-state index contributed by atoms with van der Waals surface area (Å²) in [6.45, 7) is 9.69. The van der Waals surface area contributed by atoms with Gasteiger partial charge in [-0.3, -0.25) is 20.0 Å². The third-order valence-electron chi connectivity index (χ3n) is 6.62. The molecule has 5 aromatic rings. The second-order valence-electron chi connectivity index (χ2n) is 9.86. The quantitative estimate of drug-likeness (QED) is 0.275. The Hall–Kier alpha value is -3.56. The number of nitrogens with zero attached hydrogens (tertiary/aromatic N) is 6. The minimum absolute atomic E-state index is 0.510. The van der Waals surface area contributed by atoms with Crippen LogP contribution >= 0.6 is 11.8 Å². The number of pyridine rings is 3. The number of hydrogen-bond acceptors (Lipinski definition) is 7. The molecule has 0 unspecified atom stereocenters. The number of rotatable bonds is 7. The van der Waals surface area contributed by atoms with Gasteiger partial charge in [0, 0.05) is 35.9 Å². The Balaban J connectivity index is 1.36. The summed E-state index contributed by atoms with van der Waals surface area (Å²) in [5.74, 6) is 0.672. The summed E-state index contributed by atoms with van der Waals surface area (Å²) in [4.78, 5) is 25.0. The van der Waals surface area contributed by atoms with Gasteiger partial charge in [-0.2, -0.15) is 5.10 Å². The normalized spacial score (nSPS) is 15.0. The zero-order chi connectivity index (χ0) is 25.4. The van der Waals surface area contributed by atoms with Crippen LogP contribution in [0.4, 0.5) is 0 Å². The molecule has 1 aliphatic rings. The summed E-state index contributed by atoms with van der Waals surface area (Å²) >= 11 is 1.78. The fourth-order valence-corrected chi connectivity index (χ4v) is 5.36. The Kier molecular flexibility index (Phi) is 6.48. The van der Waals surface area contributed by atoms with Crippen molar-refractivity contribution in [1.29, 1.82) is 0 Å². The van der Waals surface area contributed by atoms with Crippen LogP contribution in [0.5, 0.6) is 0 Å². The Bertz CT molecular complexity index is 1590. The van der Waals surface area contributed by atoms with Gasteiger partial charge in [0.25, 0.3) is 0 Å². The monoisotopic (exact) mass is 510 g/mol. The van der Waals surface area contributed by atoms with Crippen LogP contribution in [0, 0.1) is 0 Å². The minimum Gasteiger partial charge on any atom is -0.336 e. The molecule has 9 heteroatoms. The molecule has 5 aromatic heterocycles. The van der Waals surface area contributed by atoms with Gasteiger partial charge in [0.05, 0.1) is 22.4 Å². The van der Waals surface area contributed by atoms with E-state index in [2.05, 4.69) is 62.3 Å². The van der Waals surface area contributed by atoms with Crippen molar-refractivity contribution in [3.05, 3.63) is 59.5 Å². The third kappa shape index (κ3) is 4.89. The maximum atomic E-state index is 4.99. The highest BCUT2D eigenvalue weighted by Gasteiger charge is 2.18. The van der Waals surface area contributed by atoms with Crippen molar-refractivity contribution in [2.45, 2.75) is 45.4 Å². The lowest BCUT2D eigenvalue weighted by Crippen LogP contribution is -2.18. The summed E-state index contributed by atoms with van der Waals surface area (Å²) in [7, 11) is 0. The van der Waals surface area contributed by atoms with E-state index >= 15 is 0 Å². The largest absolute Gasteiger partial charge is 0.336 e. The molecule has 188 valence electrons. The van der Waals surface area contributed by atoms with Crippen LogP contribution in [0.25, 0.3) is 50.4 Å². The number of nitrogens with one attached hydrogen (secondary N) is 2. The first kappa shape index (κ1) is 23.8. The highest BCUT2D eigenvalue weighted by atomic mass is 32.2. The van der Waals surface area contributed by atoms with Crippen molar-refractivity contribution in [1.82, 2.24) is 40.0 Å². The van der Waals surface area contributed by atoms with Gasteiger partial charge in [-0.05, 0) is 73.7 Å².